The molecule has 29 heavy (non-hydrogen) atoms. The van der Waals surface area contributed by atoms with Crippen LogP contribution >= 0.6 is 11.8 Å². The number of ether oxygens (including phenoxy) is 2. The van der Waals surface area contributed by atoms with Gasteiger partial charge in [0.15, 0.2) is 0 Å². The summed E-state index contributed by atoms with van der Waals surface area (Å²) in [7, 11) is 1.33. The van der Waals surface area contributed by atoms with Crippen molar-refractivity contribution in [1.82, 2.24) is 10.2 Å². The summed E-state index contributed by atoms with van der Waals surface area (Å²) < 4.78 is 10.4. The van der Waals surface area contributed by atoms with E-state index in [1.54, 1.807) is 29.2 Å². The third-order valence-electron chi connectivity index (χ3n) is 4.38. The molecule has 7 nitrogen and oxygen atoms in total. The van der Waals surface area contributed by atoms with Gasteiger partial charge in [0.05, 0.1) is 13.7 Å². The number of rotatable bonds is 6. The van der Waals surface area contributed by atoms with Crippen LogP contribution in [0.4, 0.5) is 0 Å². The first-order chi connectivity index (χ1) is 14.1. The molecule has 1 atom stereocenters. The molecular formula is C21H22N2O5S. The highest BCUT2D eigenvalue weighted by Gasteiger charge is 2.29. The molecule has 1 saturated heterocycles. The molecular weight excluding hydrogens is 392 g/mol. The van der Waals surface area contributed by atoms with E-state index in [1.165, 1.54) is 18.9 Å². The Labute approximate surface area is 173 Å². The Morgan fingerprint density at radius 2 is 1.76 bits per heavy atom. The van der Waals surface area contributed by atoms with Crippen LogP contribution in [0.5, 0.6) is 11.5 Å². The predicted octanol–water partition coefficient (Wildman–Crippen LogP) is 2.33. The van der Waals surface area contributed by atoms with Gasteiger partial charge < -0.3 is 19.7 Å². The maximum atomic E-state index is 12.4. The van der Waals surface area contributed by atoms with Crippen LogP contribution in [-0.4, -0.2) is 60.4 Å². The van der Waals surface area contributed by atoms with Crippen molar-refractivity contribution < 1.29 is 23.9 Å². The van der Waals surface area contributed by atoms with Gasteiger partial charge >= 0.3 is 5.97 Å². The van der Waals surface area contributed by atoms with Crippen molar-refractivity contribution in [2.75, 3.05) is 32.5 Å². The van der Waals surface area contributed by atoms with Crippen LogP contribution in [0.3, 0.4) is 0 Å². The summed E-state index contributed by atoms with van der Waals surface area (Å²) in [6.07, 6.45) is 0. The highest BCUT2D eigenvalue weighted by Crippen LogP contribution is 2.21. The quantitative estimate of drug-likeness (QED) is 0.731. The minimum atomic E-state index is -0.384. The van der Waals surface area contributed by atoms with Crippen LogP contribution in [-0.2, 0) is 14.3 Å². The van der Waals surface area contributed by atoms with Crippen molar-refractivity contribution in [3.63, 3.8) is 0 Å². The number of thioether (sulfide) groups is 1. The van der Waals surface area contributed by atoms with E-state index >= 15 is 0 Å². The number of hydrogen-bond donors (Lipinski definition) is 1. The second-order valence-corrected chi connectivity index (χ2v) is 7.66. The zero-order chi connectivity index (χ0) is 20.6. The Morgan fingerprint density at radius 1 is 1.07 bits per heavy atom. The summed E-state index contributed by atoms with van der Waals surface area (Å²) in [5.41, 5.74) is 0.430. The van der Waals surface area contributed by atoms with Crippen LogP contribution in [0.25, 0.3) is 0 Å². The fourth-order valence-electron chi connectivity index (χ4n) is 2.82. The van der Waals surface area contributed by atoms with Crippen LogP contribution in [0, 0.1) is 0 Å². The van der Waals surface area contributed by atoms with E-state index < -0.39 is 0 Å². The van der Waals surface area contributed by atoms with E-state index in [4.69, 9.17) is 9.47 Å². The Morgan fingerprint density at radius 3 is 2.45 bits per heavy atom. The molecule has 1 aliphatic rings. The van der Waals surface area contributed by atoms with Gasteiger partial charge in [-0.05, 0) is 36.4 Å². The largest absolute Gasteiger partial charge is 0.468 e. The Kier molecular flexibility index (Phi) is 7.13. The van der Waals surface area contributed by atoms with Crippen molar-refractivity contribution in [2.45, 2.75) is 5.25 Å². The fraction of sp³-hybridized carbons (Fsp3) is 0.286. The molecule has 1 fully saturated rings. The average molecular weight is 414 g/mol. The molecule has 3 rings (SSSR count). The predicted molar refractivity (Wildman–Crippen MR) is 110 cm³/mol. The molecule has 1 N–H and O–H groups in total. The average Bonchev–Trinajstić information content (AvgIpc) is 2.78. The number of esters is 1. The maximum Gasteiger partial charge on any atom is 0.320 e. The van der Waals surface area contributed by atoms with E-state index in [1.807, 2.05) is 30.3 Å². The summed E-state index contributed by atoms with van der Waals surface area (Å²) in [4.78, 5) is 37.9. The van der Waals surface area contributed by atoms with Crippen LogP contribution in [0.2, 0.25) is 0 Å². The van der Waals surface area contributed by atoms with Crippen molar-refractivity contribution in [1.29, 1.82) is 0 Å². The van der Waals surface area contributed by atoms with E-state index in [-0.39, 0.29) is 36.1 Å². The summed E-state index contributed by atoms with van der Waals surface area (Å²) in [5, 5.41) is 2.25. The van der Waals surface area contributed by atoms with Crippen molar-refractivity contribution in [3.8, 4) is 11.5 Å². The van der Waals surface area contributed by atoms with Crippen molar-refractivity contribution >= 4 is 29.5 Å². The Bertz CT molecular complexity index is 857. The number of benzene rings is 2. The summed E-state index contributed by atoms with van der Waals surface area (Å²) in [6, 6.07) is 16.0. The standard InChI is InChI=1S/C21H22N2O5S/c1-27-21(26)18-14-23(11-12-29-18)19(24)13-22-20(25)15-7-9-17(10-8-15)28-16-5-3-2-4-6-16/h2-10,18H,11-14H2,1H3,(H,22,25)/t18-/m1/s1. The van der Waals surface area contributed by atoms with Crippen LogP contribution in [0.1, 0.15) is 10.4 Å². The Balaban J connectivity index is 1.50. The summed E-state index contributed by atoms with van der Waals surface area (Å²) in [6.45, 7) is 0.704. The smallest absolute Gasteiger partial charge is 0.320 e. The number of nitrogens with one attached hydrogen (secondary N) is 1. The molecule has 8 heteroatoms. The zero-order valence-electron chi connectivity index (χ0n) is 16.0. The van der Waals surface area contributed by atoms with Gasteiger partial charge in [-0.25, -0.2) is 0 Å². The minimum absolute atomic E-state index is 0.125. The monoisotopic (exact) mass is 414 g/mol. The van der Waals surface area contributed by atoms with Gasteiger partial charge in [0.25, 0.3) is 5.91 Å². The molecule has 0 bridgehead atoms. The van der Waals surface area contributed by atoms with Crippen molar-refractivity contribution in [2.24, 2.45) is 0 Å². The summed E-state index contributed by atoms with van der Waals surface area (Å²) >= 11 is 1.47. The summed E-state index contributed by atoms with van der Waals surface area (Å²) in [5.74, 6) is 1.07. The molecule has 1 heterocycles. The van der Waals surface area contributed by atoms with E-state index in [0.29, 0.717) is 29.4 Å². The molecule has 2 aromatic rings. The number of hydrogen-bond acceptors (Lipinski definition) is 6. The first kappa shape index (κ1) is 20.7. The molecule has 0 saturated carbocycles. The van der Waals surface area contributed by atoms with Gasteiger partial charge in [0, 0.05) is 24.4 Å². The maximum absolute atomic E-state index is 12.4. The molecule has 2 aromatic carbocycles. The second-order valence-electron chi connectivity index (χ2n) is 6.34. The number of amides is 2. The molecule has 0 spiro atoms. The lowest BCUT2D eigenvalue weighted by molar-refractivity contribution is -0.141. The second kappa shape index (κ2) is 9.97. The molecule has 152 valence electrons. The SMILES string of the molecule is COC(=O)[C@H]1CN(C(=O)CNC(=O)c2ccc(Oc3ccccc3)cc2)CCS1. The molecule has 0 aliphatic carbocycles. The van der Waals surface area contributed by atoms with Gasteiger partial charge in [-0.15, -0.1) is 11.8 Å². The minimum Gasteiger partial charge on any atom is -0.468 e. The number of nitrogens with zero attached hydrogens (tertiary/aromatic N) is 1. The lowest BCUT2D eigenvalue weighted by Gasteiger charge is -2.31. The first-order valence-corrected chi connectivity index (χ1v) is 10.2. The fourth-order valence-corrected chi connectivity index (χ4v) is 3.95. The van der Waals surface area contributed by atoms with Crippen molar-refractivity contribution in [3.05, 3.63) is 60.2 Å². The number of carbonyl (C=O) groups is 3. The van der Waals surface area contributed by atoms with E-state index in [9.17, 15) is 14.4 Å². The number of para-hydroxylation sites is 1. The topological polar surface area (TPSA) is 84.9 Å². The van der Waals surface area contributed by atoms with Crippen LogP contribution in [0.15, 0.2) is 54.6 Å². The first-order valence-electron chi connectivity index (χ1n) is 9.15. The molecule has 1 aliphatic heterocycles. The van der Waals surface area contributed by atoms with Gasteiger partial charge in [0.2, 0.25) is 5.91 Å². The van der Waals surface area contributed by atoms with Gasteiger partial charge in [-0.3, -0.25) is 14.4 Å². The lowest BCUT2D eigenvalue weighted by Crippen LogP contribution is -2.48. The normalized spacial score (nSPS) is 16.0. The Hall–Kier alpha value is -3.00. The zero-order valence-corrected chi connectivity index (χ0v) is 16.8. The molecule has 0 radical (unpaired) electrons. The third kappa shape index (κ3) is 5.74. The number of methoxy groups -OCH3 is 1. The van der Waals surface area contributed by atoms with E-state index in [2.05, 4.69) is 5.32 Å². The van der Waals surface area contributed by atoms with Gasteiger partial charge in [-0.2, -0.15) is 0 Å². The highest BCUT2D eigenvalue weighted by molar-refractivity contribution is 8.00. The highest BCUT2D eigenvalue weighted by atomic mass is 32.2. The molecule has 0 aromatic heterocycles. The third-order valence-corrected chi connectivity index (χ3v) is 5.54. The van der Waals surface area contributed by atoms with Gasteiger partial charge in [-0.1, -0.05) is 18.2 Å². The lowest BCUT2D eigenvalue weighted by atomic mass is 10.2. The van der Waals surface area contributed by atoms with Crippen LogP contribution < -0.4 is 10.1 Å². The molecule has 2 amide bonds. The molecule has 0 unspecified atom stereocenters. The van der Waals surface area contributed by atoms with Gasteiger partial charge in [0.1, 0.15) is 16.7 Å². The van der Waals surface area contributed by atoms with E-state index in [0.717, 1.165) is 0 Å². The number of carbonyl (C=O) groups excluding carboxylic acids is 3.